The number of benzene rings is 1. The van der Waals surface area contributed by atoms with Crippen molar-refractivity contribution < 1.29 is 9.53 Å². The smallest absolute Gasteiger partial charge is 0.223 e. The third-order valence-electron chi connectivity index (χ3n) is 3.72. The summed E-state index contributed by atoms with van der Waals surface area (Å²) in [4.78, 5) is 16.2. The van der Waals surface area contributed by atoms with Crippen LogP contribution in [0.1, 0.15) is 39.2 Å². The minimum atomic E-state index is 0. The molecule has 1 aliphatic carbocycles. The summed E-state index contributed by atoms with van der Waals surface area (Å²) in [6.07, 6.45) is 2.24. The normalized spacial score (nSPS) is 13.8. The van der Waals surface area contributed by atoms with Gasteiger partial charge >= 0.3 is 0 Å². The second-order valence-electron chi connectivity index (χ2n) is 6.50. The number of amides is 1. The van der Waals surface area contributed by atoms with Gasteiger partial charge in [0.15, 0.2) is 5.96 Å². The molecule has 0 atom stereocenters. The summed E-state index contributed by atoms with van der Waals surface area (Å²) in [5, 5.41) is 9.40. The predicted octanol–water partition coefficient (Wildman–Crippen LogP) is 2.67. The van der Waals surface area contributed by atoms with Crippen molar-refractivity contribution in [1.29, 1.82) is 0 Å². The van der Waals surface area contributed by atoms with Crippen LogP contribution in [0.2, 0.25) is 0 Å². The lowest BCUT2D eigenvalue weighted by Gasteiger charge is -2.12. The largest absolute Gasteiger partial charge is 0.491 e. The average Bonchev–Trinajstić information content (AvgIpc) is 3.42. The molecule has 3 N–H and O–H groups in total. The Morgan fingerprint density at radius 2 is 1.81 bits per heavy atom. The second-order valence-corrected chi connectivity index (χ2v) is 6.50. The molecule has 26 heavy (non-hydrogen) atoms. The van der Waals surface area contributed by atoms with Gasteiger partial charge in [-0.3, -0.25) is 4.79 Å². The van der Waals surface area contributed by atoms with E-state index in [4.69, 9.17) is 4.74 Å². The topological polar surface area (TPSA) is 74.8 Å². The molecule has 1 saturated carbocycles. The lowest BCUT2D eigenvalue weighted by atomic mass is 10.2. The number of carbonyl (C=O) groups excluding carboxylic acids is 1. The first-order valence-corrected chi connectivity index (χ1v) is 9.14. The van der Waals surface area contributed by atoms with Gasteiger partial charge < -0.3 is 20.7 Å². The summed E-state index contributed by atoms with van der Waals surface area (Å²) in [7, 11) is 0. The van der Waals surface area contributed by atoms with Gasteiger partial charge in [-0.2, -0.15) is 0 Å². The molecule has 1 aliphatic rings. The van der Waals surface area contributed by atoms with Crippen LogP contribution in [-0.2, 0) is 11.3 Å². The molecule has 0 heterocycles. The van der Waals surface area contributed by atoms with E-state index in [1.54, 1.807) is 0 Å². The Balaban J connectivity index is 0.00000338. The van der Waals surface area contributed by atoms with E-state index in [0.29, 0.717) is 19.6 Å². The Hall–Kier alpha value is -1.51. The minimum absolute atomic E-state index is 0. The Morgan fingerprint density at radius 3 is 2.38 bits per heavy atom. The highest BCUT2D eigenvalue weighted by Gasteiger charge is 2.28. The van der Waals surface area contributed by atoms with Crippen LogP contribution in [0.4, 0.5) is 0 Å². The standard InChI is InChI=1S/C19H30N4O2.HI/c1-4-20-19(22-12-11-21-18(24)16-7-8-16)23-13-15-5-9-17(10-6-15)25-14(2)3;/h5-6,9-10,14,16H,4,7-8,11-13H2,1-3H3,(H,21,24)(H2,20,22,23);1H. The van der Waals surface area contributed by atoms with Crippen molar-refractivity contribution in [3.05, 3.63) is 29.8 Å². The van der Waals surface area contributed by atoms with Gasteiger partial charge in [0.25, 0.3) is 0 Å². The summed E-state index contributed by atoms with van der Waals surface area (Å²) < 4.78 is 5.64. The fourth-order valence-corrected chi connectivity index (χ4v) is 2.31. The van der Waals surface area contributed by atoms with Gasteiger partial charge in [0.2, 0.25) is 5.91 Å². The van der Waals surface area contributed by atoms with E-state index < -0.39 is 0 Å². The molecule has 0 unspecified atom stereocenters. The van der Waals surface area contributed by atoms with E-state index in [-0.39, 0.29) is 41.9 Å². The van der Waals surface area contributed by atoms with E-state index in [9.17, 15) is 4.79 Å². The fourth-order valence-electron chi connectivity index (χ4n) is 2.31. The van der Waals surface area contributed by atoms with Crippen molar-refractivity contribution in [2.45, 2.75) is 46.3 Å². The molecule has 0 saturated heterocycles. The van der Waals surface area contributed by atoms with Crippen molar-refractivity contribution in [1.82, 2.24) is 16.0 Å². The highest BCUT2D eigenvalue weighted by molar-refractivity contribution is 14.0. The summed E-state index contributed by atoms with van der Waals surface area (Å²) in [5.41, 5.74) is 1.12. The molecule has 6 nitrogen and oxygen atoms in total. The number of guanidine groups is 1. The fraction of sp³-hybridized carbons (Fsp3) is 0.579. The zero-order valence-corrected chi connectivity index (χ0v) is 18.2. The first-order chi connectivity index (χ1) is 12.1. The minimum Gasteiger partial charge on any atom is -0.491 e. The van der Waals surface area contributed by atoms with Gasteiger partial charge in [-0.15, -0.1) is 24.0 Å². The summed E-state index contributed by atoms with van der Waals surface area (Å²) in [6, 6.07) is 8.00. The van der Waals surface area contributed by atoms with E-state index in [1.165, 1.54) is 0 Å². The maximum atomic E-state index is 11.6. The highest BCUT2D eigenvalue weighted by atomic mass is 127. The lowest BCUT2D eigenvalue weighted by molar-refractivity contribution is -0.122. The molecular formula is C19H31IN4O2. The third-order valence-corrected chi connectivity index (χ3v) is 3.72. The van der Waals surface area contributed by atoms with Gasteiger partial charge in [0.05, 0.1) is 12.6 Å². The zero-order chi connectivity index (χ0) is 18.1. The maximum absolute atomic E-state index is 11.6. The molecule has 7 heteroatoms. The molecule has 0 bridgehead atoms. The average molecular weight is 474 g/mol. The van der Waals surface area contributed by atoms with Gasteiger partial charge in [0.1, 0.15) is 5.75 Å². The van der Waals surface area contributed by atoms with Gasteiger partial charge in [0, 0.05) is 25.6 Å². The number of halogens is 1. The van der Waals surface area contributed by atoms with Crippen LogP contribution < -0.4 is 20.7 Å². The highest BCUT2D eigenvalue weighted by Crippen LogP contribution is 2.28. The van der Waals surface area contributed by atoms with Gasteiger partial charge in [-0.05, 0) is 51.3 Å². The van der Waals surface area contributed by atoms with Crippen LogP contribution in [0.5, 0.6) is 5.75 Å². The monoisotopic (exact) mass is 474 g/mol. The molecular weight excluding hydrogens is 443 g/mol. The molecule has 146 valence electrons. The molecule has 1 aromatic carbocycles. The molecule has 0 aromatic heterocycles. The van der Waals surface area contributed by atoms with Crippen LogP contribution in [-0.4, -0.2) is 37.6 Å². The van der Waals surface area contributed by atoms with Crippen molar-refractivity contribution in [3.63, 3.8) is 0 Å². The number of ether oxygens (including phenoxy) is 1. The number of nitrogens with zero attached hydrogens (tertiary/aromatic N) is 1. The van der Waals surface area contributed by atoms with Crippen molar-refractivity contribution >= 4 is 35.8 Å². The quantitative estimate of drug-likeness (QED) is 0.223. The van der Waals surface area contributed by atoms with Gasteiger partial charge in [-0.1, -0.05) is 12.1 Å². The summed E-state index contributed by atoms with van der Waals surface area (Å²) >= 11 is 0. The zero-order valence-electron chi connectivity index (χ0n) is 15.9. The second kappa shape index (κ2) is 12.0. The summed E-state index contributed by atoms with van der Waals surface area (Å²) in [5.74, 6) is 2.06. The molecule has 1 amide bonds. The Morgan fingerprint density at radius 1 is 1.15 bits per heavy atom. The van der Waals surface area contributed by atoms with E-state index in [0.717, 1.165) is 36.7 Å². The lowest BCUT2D eigenvalue weighted by Crippen LogP contribution is -2.41. The summed E-state index contributed by atoms with van der Waals surface area (Å²) in [6.45, 7) is 8.71. The number of aliphatic imine (C=N–C) groups is 1. The molecule has 0 radical (unpaired) electrons. The number of nitrogens with one attached hydrogen (secondary N) is 3. The molecule has 1 aromatic rings. The number of hydrogen-bond donors (Lipinski definition) is 3. The first-order valence-electron chi connectivity index (χ1n) is 9.14. The Bertz CT molecular complexity index is 571. The Kier molecular flexibility index (Phi) is 10.4. The van der Waals surface area contributed by atoms with E-state index in [1.807, 2.05) is 45.0 Å². The molecule has 2 rings (SSSR count). The van der Waals surface area contributed by atoms with E-state index in [2.05, 4.69) is 20.9 Å². The number of hydrogen-bond acceptors (Lipinski definition) is 3. The molecule has 0 aliphatic heterocycles. The number of carbonyl (C=O) groups is 1. The van der Waals surface area contributed by atoms with Crippen LogP contribution in [0.15, 0.2) is 29.3 Å². The van der Waals surface area contributed by atoms with Crippen LogP contribution in [0.25, 0.3) is 0 Å². The Labute approximate surface area is 173 Å². The molecule has 1 fully saturated rings. The van der Waals surface area contributed by atoms with Gasteiger partial charge in [-0.25, -0.2) is 4.99 Å². The molecule has 0 spiro atoms. The van der Waals surface area contributed by atoms with Crippen molar-refractivity contribution in [2.24, 2.45) is 10.9 Å². The first kappa shape index (κ1) is 22.5. The van der Waals surface area contributed by atoms with Crippen molar-refractivity contribution in [2.75, 3.05) is 19.6 Å². The van der Waals surface area contributed by atoms with Crippen molar-refractivity contribution in [3.8, 4) is 5.75 Å². The third kappa shape index (κ3) is 8.73. The van der Waals surface area contributed by atoms with E-state index >= 15 is 0 Å². The SMILES string of the molecule is CCNC(=NCc1ccc(OC(C)C)cc1)NCCNC(=O)C1CC1.I. The van der Waals surface area contributed by atoms with Crippen LogP contribution in [0.3, 0.4) is 0 Å². The van der Waals surface area contributed by atoms with Crippen LogP contribution in [0, 0.1) is 5.92 Å². The van der Waals surface area contributed by atoms with Crippen LogP contribution >= 0.6 is 24.0 Å². The predicted molar refractivity (Wildman–Crippen MR) is 116 cm³/mol. The number of rotatable bonds is 9. The maximum Gasteiger partial charge on any atom is 0.223 e.